The molecule has 8 nitrogen and oxygen atoms in total. The monoisotopic (exact) mass is 385 g/mol. The summed E-state index contributed by atoms with van der Waals surface area (Å²) in [5.74, 6) is 0.243. The Morgan fingerprint density at radius 1 is 1.32 bits per heavy atom. The first-order chi connectivity index (χ1) is 13.5. The molecule has 0 spiro atoms. The van der Waals surface area contributed by atoms with E-state index in [1.54, 1.807) is 6.07 Å². The standard InChI is InChI=1S/C19H20FN5O3/c1-12-4-6-24(7-5-12)16-2-3-18(27)25(23-16)10-17(26)22-13-8-14(20)19-15(9-13)21-11-28-19/h2-3,8-9,11-12H,4-7,10H2,1H3,(H,22,26). The van der Waals surface area contributed by atoms with Gasteiger partial charge in [0.2, 0.25) is 5.91 Å². The predicted octanol–water partition coefficient (Wildman–Crippen LogP) is 2.40. The molecule has 0 bridgehead atoms. The number of hydrogen-bond donors (Lipinski definition) is 1. The summed E-state index contributed by atoms with van der Waals surface area (Å²) in [6.07, 6.45) is 3.27. The Labute approximate surface area is 160 Å². The van der Waals surface area contributed by atoms with Crippen LogP contribution in [0.3, 0.4) is 0 Å². The van der Waals surface area contributed by atoms with Crippen LogP contribution < -0.4 is 15.8 Å². The molecular formula is C19H20FN5O3. The van der Waals surface area contributed by atoms with Gasteiger partial charge < -0.3 is 14.6 Å². The van der Waals surface area contributed by atoms with E-state index in [1.807, 2.05) is 0 Å². The molecule has 9 heteroatoms. The highest BCUT2D eigenvalue weighted by atomic mass is 19.1. The van der Waals surface area contributed by atoms with Gasteiger partial charge in [-0.05, 0) is 30.9 Å². The Balaban J connectivity index is 1.49. The van der Waals surface area contributed by atoms with Gasteiger partial charge in [-0.15, -0.1) is 0 Å². The quantitative estimate of drug-likeness (QED) is 0.741. The molecule has 3 heterocycles. The molecule has 28 heavy (non-hydrogen) atoms. The third-order valence-corrected chi connectivity index (χ3v) is 4.92. The molecule has 1 fully saturated rings. The molecule has 1 aliphatic heterocycles. The molecule has 0 unspecified atom stereocenters. The third kappa shape index (κ3) is 3.73. The summed E-state index contributed by atoms with van der Waals surface area (Å²) in [6, 6.07) is 5.74. The lowest BCUT2D eigenvalue weighted by molar-refractivity contribution is -0.117. The molecule has 1 amide bonds. The van der Waals surface area contributed by atoms with Crippen LogP contribution in [0, 0.1) is 11.7 Å². The van der Waals surface area contributed by atoms with E-state index in [-0.39, 0.29) is 23.4 Å². The number of nitrogens with zero attached hydrogens (tertiary/aromatic N) is 4. The molecular weight excluding hydrogens is 365 g/mol. The highest BCUT2D eigenvalue weighted by Crippen LogP contribution is 2.22. The van der Waals surface area contributed by atoms with Gasteiger partial charge in [0, 0.05) is 30.9 Å². The minimum Gasteiger partial charge on any atom is -0.440 e. The van der Waals surface area contributed by atoms with Crippen LogP contribution in [0.2, 0.25) is 0 Å². The second-order valence-corrected chi connectivity index (χ2v) is 7.06. The largest absolute Gasteiger partial charge is 0.440 e. The van der Waals surface area contributed by atoms with E-state index in [0.717, 1.165) is 43.1 Å². The number of carbonyl (C=O) groups is 1. The van der Waals surface area contributed by atoms with Gasteiger partial charge in [-0.3, -0.25) is 9.59 Å². The van der Waals surface area contributed by atoms with Crippen molar-refractivity contribution < 1.29 is 13.6 Å². The zero-order chi connectivity index (χ0) is 19.7. The molecule has 3 aromatic rings. The van der Waals surface area contributed by atoms with Crippen LogP contribution in [-0.2, 0) is 11.3 Å². The second kappa shape index (κ2) is 7.41. The van der Waals surface area contributed by atoms with Gasteiger partial charge in [0.1, 0.15) is 17.9 Å². The second-order valence-electron chi connectivity index (χ2n) is 7.06. The van der Waals surface area contributed by atoms with Crippen LogP contribution in [0.4, 0.5) is 15.9 Å². The van der Waals surface area contributed by atoms with Gasteiger partial charge in [0.15, 0.2) is 17.8 Å². The van der Waals surface area contributed by atoms with Crippen LogP contribution >= 0.6 is 0 Å². The number of rotatable bonds is 4. The molecule has 0 radical (unpaired) electrons. The Morgan fingerprint density at radius 3 is 2.89 bits per heavy atom. The first-order valence-electron chi connectivity index (χ1n) is 9.15. The van der Waals surface area contributed by atoms with Crippen molar-refractivity contribution in [2.24, 2.45) is 5.92 Å². The van der Waals surface area contributed by atoms with Gasteiger partial charge in [0.25, 0.3) is 5.56 Å². The molecule has 1 aliphatic rings. The molecule has 1 saturated heterocycles. The number of piperidine rings is 1. The lowest BCUT2D eigenvalue weighted by Crippen LogP contribution is -2.36. The van der Waals surface area contributed by atoms with Crippen molar-refractivity contribution >= 4 is 28.5 Å². The van der Waals surface area contributed by atoms with Crippen molar-refractivity contribution in [3.8, 4) is 0 Å². The number of amides is 1. The number of nitrogens with one attached hydrogen (secondary N) is 1. The smallest absolute Gasteiger partial charge is 0.267 e. The topological polar surface area (TPSA) is 93.3 Å². The summed E-state index contributed by atoms with van der Waals surface area (Å²) in [4.78, 5) is 30.5. The van der Waals surface area contributed by atoms with E-state index in [1.165, 1.54) is 12.1 Å². The Bertz CT molecular complexity index is 1070. The van der Waals surface area contributed by atoms with Crippen molar-refractivity contribution in [2.75, 3.05) is 23.3 Å². The highest BCUT2D eigenvalue weighted by molar-refractivity contribution is 5.92. The lowest BCUT2D eigenvalue weighted by Gasteiger charge is -2.31. The zero-order valence-corrected chi connectivity index (χ0v) is 15.4. The number of halogens is 1. The summed E-state index contributed by atoms with van der Waals surface area (Å²) in [7, 11) is 0. The van der Waals surface area contributed by atoms with Crippen LogP contribution in [0.5, 0.6) is 0 Å². The number of fused-ring (bicyclic) bond motifs is 1. The van der Waals surface area contributed by atoms with Crippen LogP contribution in [0.1, 0.15) is 19.8 Å². The van der Waals surface area contributed by atoms with Gasteiger partial charge in [-0.1, -0.05) is 6.92 Å². The fraction of sp³-hybridized carbons (Fsp3) is 0.368. The van der Waals surface area contributed by atoms with Gasteiger partial charge >= 0.3 is 0 Å². The van der Waals surface area contributed by atoms with E-state index in [9.17, 15) is 14.0 Å². The molecule has 0 atom stereocenters. The van der Waals surface area contributed by atoms with Crippen LogP contribution in [0.25, 0.3) is 11.1 Å². The number of benzene rings is 1. The van der Waals surface area contributed by atoms with Crippen LogP contribution in [-0.4, -0.2) is 33.8 Å². The molecule has 4 rings (SSSR count). The van der Waals surface area contributed by atoms with E-state index in [2.05, 4.69) is 27.2 Å². The summed E-state index contributed by atoms with van der Waals surface area (Å²) in [5.41, 5.74) is 0.187. The molecule has 0 saturated carbocycles. The maximum Gasteiger partial charge on any atom is 0.267 e. The fourth-order valence-corrected chi connectivity index (χ4v) is 3.29. The first kappa shape index (κ1) is 18.1. The number of aromatic nitrogens is 3. The van der Waals surface area contributed by atoms with Crippen molar-refractivity contribution in [3.63, 3.8) is 0 Å². The molecule has 1 N–H and O–H groups in total. The van der Waals surface area contributed by atoms with Gasteiger partial charge in [0.05, 0.1) is 0 Å². The summed E-state index contributed by atoms with van der Waals surface area (Å²) < 4.78 is 20.0. The zero-order valence-electron chi connectivity index (χ0n) is 15.4. The first-order valence-corrected chi connectivity index (χ1v) is 9.15. The summed E-state index contributed by atoms with van der Waals surface area (Å²) in [6.45, 7) is 3.69. The van der Waals surface area contributed by atoms with E-state index in [4.69, 9.17) is 4.42 Å². The number of hydrogen-bond acceptors (Lipinski definition) is 6. The molecule has 146 valence electrons. The number of carbonyl (C=O) groups excluding carboxylic acids is 1. The van der Waals surface area contributed by atoms with Crippen molar-refractivity contribution in [2.45, 2.75) is 26.3 Å². The molecule has 1 aromatic carbocycles. The SMILES string of the molecule is CC1CCN(c2ccc(=O)n(CC(=O)Nc3cc(F)c4ocnc4c3)n2)CC1. The normalized spacial score (nSPS) is 15.1. The minimum absolute atomic E-state index is 0.0273. The predicted molar refractivity (Wildman–Crippen MR) is 102 cm³/mol. The maximum absolute atomic E-state index is 13.9. The van der Waals surface area contributed by atoms with E-state index in [0.29, 0.717) is 17.3 Å². The third-order valence-electron chi connectivity index (χ3n) is 4.92. The molecule has 2 aromatic heterocycles. The Kier molecular flexibility index (Phi) is 4.81. The van der Waals surface area contributed by atoms with E-state index >= 15 is 0 Å². The Morgan fingerprint density at radius 2 is 2.11 bits per heavy atom. The minimum atomic E-state index is -0.623. The highest BCUT2D eigenvalue weighted by Gasteiger charge is 2.18. The lowest BCUT2D eigenvalue weighted by atomic mass is 9.99. The average Bonchev–Trinajstić information content (AvgIpc) is 3.13. The Hall–Kier alpha value is -3.23. The summed E-state index contributed by atoms with van der Waals surface area (Å²) >= 11 is 0. The van der Waals surface area contributed by atoms with Gasteiger partial charge in [-0.25, -0.2) is 14.1 Å². The summed E-state index contributed by atoms with van der Waals surface area (Å²) in [5, 5.41) is 6.90. The van der Waals surface area contributed by atoms with E-state index < -0.39 is 11.7 Å². The van der Waals surface area contributed by atoms with Crippen molar-refractivity contribution in [3.05, 3.63) is 46.8 Å². The number of oxazole rings is 1. The molecule has 0 aliphatic carbocycles. The van der Waals surface area contributed by atoms with Crippen molar-refractivity contribution in [1.82, 2.24) is 14.8 Å². The number of anilines is 2. The average molecular weight is 385 g/mol. The van der Waals surface area contributed by atoms with Crippen molar-refractivity contribution in [1.29, 1.82) is 0 Å². The van der Waals surface area contributed by atoms with Crippen LogP contribution in [0.15, 0.2) is 39.9 Å². The van der Waals surface area contributed by atoms with Gasteiger partial charge in [-0.2, -0.15) is 5.10 Å². The fourth-order valence-electron chi connectivity index (χ4n) is 3.29. The maximum atomic E-state index is 13.9.